The third-order valence-electron chi connectivity index (χ3n) is 3.61. The number of aryl methyl sites for hydroxylation is 1. The molecule has 1 aromatic rings. The lowest BCUT2D eigenvalue weighted by atomic mass is 10.1. The standard InChI is InChI=1S/C15H19NO3/c1-2-3-11-4-6-12(7-5-11)10-16-13(17)15(8-9-15)14(18)19/h4-7H,2-3,8-10H2,1H3,(H,16,17)(H,18,19). The van der Waals surface area contributed by atoms with E-state index in [0.717, 1.165) is 18.4 Å². The summed E-state index contributed by atoms with van der Waals surface area (Å²) in [5, 5.41) is 11.7. The van der Waals surface area contributed by atoms with Crippen molar-refractivity contribution in [3.63, 3.8) is 0 Å². The summed E-state index contributed by atoms with van der Waals surface area (Å²) >= 11 is 0. The van der Waals surface area contributed by atoms with Gasteiger partial charge in [-0.2, -0.15) is 0 Å². The van der Waals surface area contributed by atoms with E-state index in [1.807, 2.05) is 12.1 Å². The third kappa shape index (κ3) is 2.95. The van der Waals surface area contributed by atoms with Gasteiger partial charge in [0.05, 0.1) is 0 Å². The van der Waals surface area contributed by atoms with Crippen molar-refractivity contribution in [2.75, 3.05) is 0 Å². The maximum Gasteiger partial charge on any atom is 0.319 e. The average molecular weight is 261 g/mol. The molecular weight excluding hydrogens is 242 g/mol. The summed E-state index contributed by atoms with van der Waals surface area (Å²) in [5.41, 5.74) is 1.12. The van der Waals surface area contributed by atoms with Gasteiger partial charge in [-0.05, 0) is 30.4 Å². The van der Waals surface area contributed by atoms with Crippen LogP contribution in [0.15, 0.2) is 24.3 Å². The van der Waals surface area contributed by atoms with Crippen LogP contribution in [-0.4, -0.2) is 17.0 Å². The zero-order valence-corrected chi connectivity index (χ0v) is 11.1. The number of carbonyl (C=O) groups excluding carboxylic acids is 1. The lowest BCUT2D eigenvalue weighted by molar-refractivity contribution is -0.149. The second-order valence-corrected chi connectivity index (χ2v) is 5.14. The van der Waals surface area contributed by atoms with Crippen LogP contribution in [0, 0.1) is 5.41 Å². The Balaban J connectivity index is 1.89. The highest BCUT2D eigenvalue weighted by molar-refractivity contribution is 6.04. The minimum atomic E-state index is -1.15. The smallest absolute Gasteiger partial charge is 0.319 e. The van der Waals surface area contributed by atoms with E-state index < -0.39 is 11.4 Å². The van der Waals surface area contributed by atoms with Gasteiger partial charge in [-0.25, -0.2) is 0 Å². The van der Waals surface area contributed by atoms with Crippen molar-refractivity contribution in [3.8, 4) is 0 Å². The molecule has 0 spiro atoms. The predicted molar refractivity (Wildman–Crippen MR) is 71.6 cm³/mol. The quantitative estimate of drug-likeness (QED) is 0.771. The Hall–Kier alpha value is -1.84. The maximum absolute atomic E-state index is 11.8. The van der Waals surface area contributed by atoms with E-state index >= 15 is 0 Å². The topological polar surface area (TPSA) is 66.4 Å². The molecule has 4 heteroatoms. The number of hydrogen-bond acceptors (Lipinski definition) is 2. The van der Waals surface area contributed by atoms with Crippen LogP contribution in [0.3, 0.4) is 0 Å². The number of carbonyl (C=O) groups is 2. The number of carboxylic acid groups (broad SMARTS) is 1. The number of rotatable bonds is 6. The number of nitrogens with one attached hydrogen (secondary N) is 1. The van der Waals surface area contributed by atoms with Crippen LogP contribution in [-0.2, 0) is 22.6 Å². The Morgan fingerprint density at radius 3 is 2.26 bits per heavy atom. The molecule has 0 radical (unpaired) electrons. The Kier molecular flexibility index (Phi) is 3.88. The first kappa shape index (κ1) is 13.6. The minimum absolute atomic E-state index is 0.363. The molecule has 0 unspecified atom stereocenters. The summed E-state index contributed by atoms with van der Waals surface area (Å²) < 4.78 is 0. The second kappa shape index (κ2) is 5.43. The van der Waals surface area contributed by atoms with Gasteiger partial charge in [0.15, 0.2) is 0 Å². The summed E-state index contributed by atoms with van der Waals surface area (Å²) in [7, 11) is 0. The molecule has 1 saturated carbocycles. The highest BCUT2D eigenvalue weighted by atomic mass is 16.4. The number of amides is 1. The van der Waals surface area contributed by atoms with Crippen molar-refractivity contribution in [2.24, 2.45) is 5.41 Å². The number of hydrogen-bond donors (Lipinski definition) is 2. The average Bonchev–Trinajstić information content (AvgIpc) is 3.19. The second-order valence-electron chi connectivity index (χ2n) is 5.14. The van der Waals surface area contributed by atoms with Gasteiger partial charge in [0.2, 0.25) is 5.91 Å². The molecule has 2 N–H and O–H groups in total. The molecule has 0 aliphatic heterocycles. The fourth-order valence-electron chi connectivity index (χ4n) is 2.13. The maximum atomic E-state index is 11.8. The molecular formula is C15H19NO3. The van der Waals surface area contributed by atoms with Crippen molar-refractivity contribution >= 4 is 11.9 Å². The van der Waals surface area contributed by atoms with Crippen molar-refractivity contribution in [1.29, 1.82) is 0 Å². The van der Waals surface area contributed by atoms with E-state index in [-0.39, 0.29) is 5.91 Å². The zero-order chi connectivity index (χ0) is 13.9. The molecule has 0 aromatic heterocycles. The van der Waals surface area contributed by atoms with Gasteiger partial charge in [-0.3, -0.25) is 9.59 Å². The fourth-order valence-corrected chi connectivity index (χ4v) is 2.13. The molecule has 19 heavy (non-hydrogen) atoms. The summed E-state index contributed by atoms with van der Waals surface area (Å²) in [5.74, 6) is -1.37. The van der Waals surface area contributed by atoms with Crippen molar-refractivity contribution in [1.82, 2.24) is 5.32 Å². The molecule has 0 atom stereocenters. The Morgan fingerprint density at radius 1 is 1.21 bits per heavy atom. The van der Waals surface area contributed by atoms with Gasteiger partial charge >= 0.3 is 5.97 Å². The van der Waals surface area contributed by atoms with Crippen LogP contribution in [0.4, 0.5) is 0 Å². The Morgan fingerprint density at radius 2 is 1.79 bits per heavy atom. The summed E-state index contributed by atoms with van der Waals surface area (Å²) in [4.78, 5) is 22.8. The van der Waals surface area contributed by atoms with Crippen LogP contribution in [0.25, 0.3) is 0 Å². The van der Waals surface area contributed by atoms with Crippen LogP contribution in [0.5, 0.6) is 0 Å². The molecule has 1 fully saturated rings. The first-order valence-electron chi connectivity index (χ1n) is 6.68. The van der Waals surface area contributed by atoms with Gasteiger partial charge < -0.3 is 10.4 Å². The van der Waals surface area contributed by atoms with Gasteiger partial charge in [0.25, 0.3) is 0 Å². The molecule has 4 nitrogen and oxygen atoms in total. The molecule has 0 saturated heterocycles. The fraction of sp³-hybridized carbons (Fsp3) is 0.467. The van der Waals surface area contributed by atoms with Crippen molar-refractivity contribution < 1.29 is 14.7 Å². The van der Waals surface area contributed by atoms with E-state index in [1.54, 1.807) is 0 Å². The normalized spacial score (nSPS) is 15.8. The van der Waals surface area contributed by atoms with Gasteiger partial charge in [0, 0.05) is 6.54 Å². The molecule has 2 rings (SSSR count). The van der Waals surface area contributed by atoms with Crippen LogP contribution >= 0.6 is 0 Å². The van der Waals surface area contributed by atoms with E-state index in [9.17, 15) is 9.59 Å². The number of aliphatic carboxylic acids is 1. The summed E-state index contributed by atoms with van der Waals surface area (Å²) in [6.45, 7) is 2.52. The Labute approximate surface area is 112 Å². The third-order valence-corrected chi connectivity index (χ3v) is 3.61. The molecule has 1 amide bonds. The van der Waals surface area contributed by atoms with E-state index in [0.29, 0.717) is 19.4 Å². The van der Waals surface area contributed by atoms with E-state index in [4.69, 9.17) is 5.11 Å². The molecule has 102 valence electrons. The van der Waals surface area contributed by atoms with Crippen molar-refractivity contribution in [3.05, 3.63) is 35.4 Å². The van der Waals surface area contributed by atoms with Crippen LogP contribution in [0.1, 0.15) is 37.3 Å². The summed E-state index contributed by atoms with van der Waals surface area (Å²) in [6, 6.07) is 8.06. The van der Waals surface area contributed by atoms with Gasteiger partial charge in [-0.1, -0.05) is 37.6 Å². The molecule has 0 heterocycles. The van der Waals surface area contributed by atoms with Crippen molar-refractivity contribution in [2.45, 2.75) is 39.2 Å². The lowest BCUT2D eigenvalue weighted by Crippen LogP contribution is -2.36. The first-order chi connectivity index (χ1) is 9.08. The van der Waals surface area contributed by atoms with Gasteiger partial charge in [0.1, 0.15) is 5.41 Å². The molecule has 1 aliphatic rings. The zero-order valence-electron chi connectivity index (χ0n) is 11.1. The van der Waals surface area contributed by atoms with E-state index in [1.165, 1.54) is 5.56 Å². The van der Waals surface area contributed by atoms with Crippen LogP contribution < -0.4 is 5.32 Å². The largest absolute Gasteiger partial charge is 0.480 e. The summed E-state index contributed by atoms with van der Waals surface area (Å²) in [6.07, 6.45) is 3.05. The van der Waals surface area contributed by atoms with Crippen LogP contribution in [0.2, 0.25) is 0 Å². The molecule has 1 aromatic carbocycles. The minimum Gasteiger partial charge on any atom is -0.480 e. The molecule has 0 bridgehead atoms. The first-order valence-corrected chi connectivity index (χ1v) is 6.68. The molecule has 1 aliphatic carbocycles. The Bertz CT molecular complexity index is 475. The number of carboxylic acids is 1. The predicted octanol–water partition coefficient (Wildman–Crippen LogP) is 2.12. The highest BCUT2D eigenvalue weighted by Crippen LogP contribution is 2.46. The SMILES string of the molecule is CCCc1ccc(CNC(=O)C2(C(=O)O)CC2)cc1. The number of benzene rings is 1. The van der Waals surface area contributed by atoms with E-state index in [2.05, 4.69) is 24.4 Å². The monoisotopic (exact) mass is 261 g/mol. The highest BCUT2D eigenvalue weighted by Gasteiger charge is 2.56. The van der Waals surface area contributed by atoms with Gasteiger partial charge in [-0.15, -0.1) is 0 Å². The lowest BCUT2D eigenvalue weighted by Gasteiger charge is -2.11.